The molecule has 0 saturated carbocycles. The third-order valence-corrected chi connectivity index (χ3v) is 4.53. The summed E-state index contributed by atoms with van der Waals surface area (Å²) in [6, 6.07) is 7.21. The average molecular weight is 483 g/mol. The Morgan fingerprint density at radius 2 is 1.71 bits per heavy atom. The Kier molecular flexibility index (Phi) is 7.38. The smallest absolute Gasteiger partial charge is 0.323 e. The molecule has 3 rings (SSSR count). The molecule has 3 aromatic rings. The van der Waals surface area contributed by atoms with E-state index in [-0.39, 0.29) is 23.0 Å². The molecule has 2 amide bonds. The third-order valence-electron chi connectivity index (χ3n) is 4.53. The Hall–Kier alpha value is -4.41. The van der Waals surface area contributed by atoms with Crippen LogP contribution in [-0.2, 0) is 0 Å². The van der Waals surface area contributed by atoms with Crippen molar-refractivity contribution in [3.05, 3.63) is 77.4 Å². The molecule has 0 spiro atoms. The second-order valence-corrected chi connectivity index (χ2v) is 8.45. The summed E-state index contributed by atoms with van der Waals surface area (Å²) in [6.07, 6.45) is 2.97. The maximum absolute atomic E-state index is 14.5. The zero-order valence-electron chi connectivity index (χ0n) is 19.2. The molecule has 0 aliphatic heterocycles. The zero-order valence-corrected chi connectivity index (χ0v) is 19.2. The van der Waals surface area contributed by atoms with E-state index in [2.05, 4.69) is 25.6 Å². The second kappa shape index (κ2) is 10.2. The number of aliphatic imine (C=N–C) groups is 1. The molecule has 35 heavy (non-hydrogen) atoms. The van der Waals surface area contributed by atoms with Crippen LogP contribution in [0.5, 0.6) is 0 Å². The number of rotatable bonds is 5. The van der Waals surface area contributed by atoms with Crippen molar-refractivity contribution in [1.82, 2.24) is 9.97 Å². The molecule has 8 nitrogen and oxygen atoms in total. The maximum atomic E-state index is 14.5. The highest BCUT2D eigenvalue weighted by atomic mass is 19.1. The number of carbonyl (C=O) groups is 1. The van der Waals surface area contributed by atoms with Crippen LogP contribution in [0.25, 0.3) is 11.3 Å². The number of benzene rings is 2. The zero-order chi connectivity index (χ0) is 25.8. The summed E-state index contributed by atoms with van der Waals surface area (Å²) in [5.41, 5.74) is 12.4. The first-order valence-corrected chi connectivity index (χ1v) is 10.4. The minimum absolute atomic E-state index is 0.0173. The lowest BCUT2D eigenvalue weighted by atomic mass is 10.0. The van der Waals surface area contributed by atoms with Gasteiger partial charge >= 0.3 is 6.03 Å². The number of nitrogens with one attached hydrogen (secondary N) is 2. The molecule has 1 heterocycles. The summed E-state index contributed by atoms with van der Waals surface area (Å²) in [6.45, 7) is 5.66. The molecule has 11 heteroatoms. The molecule has 2 aromatic carbocycles. The minimum Gasteiger partial charge on any atom is -0.396 e. The number of amides is 2. The lowest BCUT2D eigenvalue weighted by Crippen LogP contribution is -2.21. The molecule has 182 valence electrons. The van der Waals surface area contributed by atoms with Gasteiger partial charge in [-0.3, -0.25) is 4.99 Å². The highest BCUT2D eigenvalue weighted by Crippen LogP contribution is 2.26. The van der Waals surface area contributed by atoms with Crippen LogP contribution in [0.1, 0.15) is 32.0 Å². The summed E-state index contributed by atoms with van der Waals surface area (Å²) < 4.78 is 41.5. The molecule has 0 radical (unpaired) electrons. The standard InChI is InChI=1S/C24H24F3N7O/c1-24(2,3)31-12-15(21(28)19-8-9-30-22(29)32-19)13-4-6-16(26)20(10-13)34-23(35)33-18-7-5-14(25)11-17(18)27/h4-12H,28H2,1-3H3,(H2,29,30,32)(H2,33,34,35). The van der Waals surface area contributed by atoms with Gasteiger partial charge in [-0.05, 0) is 56.7 Å². The fraction of sp³-hybridized carbons (Fsp3) is 0.167. The molecule has 0 atom stereocenters. The van der Waals surface area contributed by atoms with E-state index >= 15 is 0 Å². The lowest BCUT2D eigenvalue weighted by Gasteiger charge is -2.15. The van der Waals surface area contributed by atoms with Crippen LogP contribution >= 0.6 is 0 Å². The number of urea groups is 1. The van der Waals surface area contributed by atoms with Gasteiger partial charge in [0, 0.05) is 24.1 Å². The fourth-order valence-corrected chi connectivity index (χ4v) is 2.87. The summed E-state index contributed by atoms with van der Waals surface area (Å²) in [7, 11) is 0. The molecule has 0 saturated heterocycles. The number of hydrogen-bond donors (Lipinski definition) is 4. The van der Waals surface area contributed by atoms with E-state index in [0.717, 1.165) is 18.2 Å². The van der Waals surface area contributed by atoms with Crippen LogP contribution in [0.2, 0.25) is 0 Å². The van der Waals surface area contributed by atoms with E-state index in [1.54, 1.807) is 6.07 Å². The molecule has 6 N–H and O–H groups in total. The van der Waals surface area contributed by atoms with Crippen LogP contribution < -0.4 is 22.1 Å². The number of allylic oxidation sites excluding steroid dienone is 1. The molecular formula is C24H24F3N7O. The van der Waals surface area contributed by atoms with Gasteiger partial charge < -0.3 is 22.1 Å². The predicted octanol–water partition coefficient (Wildman–Crippen LogP) is 4.82. The van der Waals surface area contributed by atoms with Gasteiger partial charge in [-0.15, -0.1) is 0 Å². The van der Waals surface area contributed by atoms with Crippen LogP contribution in [0.4, 0.5) is 35.3 Å². The highest BCUT2D eigenvalue weighted by molar-refractivity contribution is 6.19. The van der Waals surface area contributed by atoms with Gasteiger partial charge in [0.15, 0.2) is 0 Å². The topological polar surface area (TPSA) is 131 Å². The summed E-state index contributed by atoms with van der Waals surface area (Å²) in [5.74, 6) is -2.51. The number of carbonyl (C=O) groups excluding carboxylic acids is 1. The van der Waals surface area contributed by atoms with Crippen molar-refractivity contribution in [2.75, 3.05) is 16.4 Å². The largest absolute Gasteiger partial charge is 0.396 e. The Morgan fingerprint density at radius 3 is 2.37 bits per heavy atom. The fourth-order valence-electron chi connectivity index (χ4n) is 2.87. The van der Waals surface area contributed by atoms with Crippen molar-refractivity contribution in [3.8, 4) is 0 Å². The third kappa shape index (κ3) is 6.79. The van der Waals surface area contributed by atoms with E-state index in [1.165, 1.54) is 24.5 Å². The minimum atomic E-state index is -0.977. The number of aromatic nitrogens is 2. The Balaban J connectivity index is 1.98. The quantitative estimate of drug-likeness (QED) is 0.387. The van der Waals surface area contributed by atoms with Gasteiger partial charge in [0.05, 0.1) is 28.3 Å². The SMILES string of the molecule is CC(C)(C)N=CC(=C(N)c1ccnc(N)n1)c1ccc(F)c(NC(=O)Nc2ccc(F)cc2F)c1. The summed E-state index contributed by atoms with van der Waals surface area (Å²) in [5, 5.41) is 4.53. The molecule has 1 aromatic heterocycles. The molecular weight excluding hydrogens is 459 g/mol. The average Bonchev–Trinajstić information content (AvgIpc) is 2.77. The van der Waals surface area contributed by atoms with E-state index < -0.39 is 29.0 Å². The van der Waals surface area contributed by atoms with Crippen molar-refractivity contribution in [2.45, 2.75) is 26.3 Å². The van der Waals surface area contributed by atoms with Crippen LogP contribution in [0, 0.1) is 17.5 Å². The van der Waals surface area contributed by atoms with E-state index in [4.69, 9.17) is 11.5 Å². The van der Waals surface area contributed by atoms with Gasteiger partial charge in [0.25, 0.3) is 0 Å². The first-order valence-electron chi connectivity index (χ1n) is 10.4. The Labute approximate surface area is 200 Å². The van der Waals surface area contributed by atoms with Crippen molar-refractivity contribution < 1.29 is 18.0 Å². The van der Waals surface area contributed by atoms with Crippen LogP contribution in [0.15, 0.2) is 53.7 Å². The predicted molar refractivity (Wildman–Crippen MR) is 131 cm³/mol. The van der Waals surface area contributed by atoms with E-state index in [0.29, 0.717) is 22.9 Å². The number of halogens is 3. The van der Waals surface area contributed by atoms with Crippen molar-refractivity contribution in [1.29, 1.82) is 0 Å². The van der Waals surface area contributed by atoms with Gasteiger partial charge in [-0.2, -0.15) is 0 Å². The van der Waals surface area contributed by atoms with Gasteiger partial charge in [0.1, 0.15) is 17.5 Å². The monoisotopic (exact) mass is 483 g/mol. The number of nitrogens with two attached hydrogens (primary N) is 2. The van der Waals surface area contributed by atoms with Crippen molar-refractivity contribution in [3.63, 3.8) is 0 Å². The first kappa shape index (κ1) is 25.2. The molecule has 0 aliphatic rings. The Morgan fingerprint density at radius 1 is 1.00 bits per heavy atom. The van der Waals surface area contributed by atoms with Gasteiger partial charge in [-0.1, -0.05) is 6.07 Å². The lowest BCUT2D eigenvalue weighted by molar-refractivity contribution is 0.262. The van der Waals surface area contributed by atoms with Gasteiger partial charge in [0.2, 0.25) is 5.95 Å². The van der Waals surface area contributed by atoms with Crippen molar-refractivity contribution in [2.24, 2.45) is 10.7 Å². The molecule has 0 fully saturated rings. The first-order chi connectivity index (χ1) is 16.4. The number of nitrogens with zero attached hydrogens (tertiary/aromatic N) is 3. The second-order valence-electron chi connectivity index (χ2n) is 8.45. The number of hydrogen-bond acceptors (Lipinski definition) is 6. The molecule has 0 unspecified atom stereocenters. The highest BCUT2D eigenvalue weighted by Gasteiger charge is 2.16. The molecule has 0 aliphatic carbocycles. The number of anilines is 3. The Bertz CT molecular complexity index is 1320. The summed E-state index contributed by atoms with van der Waals surface area (Å²) >= 11 is 0. The molecule has 0 bridgehead atoms. The van der Waals surface area contributed by atoms with Crippen LogP contribution in [0.3, 0.4) is 0 Å². The summed E-state index contributed by atoms with van der Waals surface area (Å²) in [4.78, 5) is 24.8. The van der Waals surface area contributed by atoms with E-state index in [9.17, 15) is 18.0 Å². The van der Waals surface area contributed by atoms with Crippen LogP contribution in [-0.4, -0.2) is 27.8 Å². The van der Waals surface area contributed by atoms with E-state index in [1.807, 2.05) is 20.8 Å². The van der Waals surface area contributed by atoms with Crippen molar-refractivity contribution >= 4 is 40.8 Å². The maximum Gasteiger partial charge on any atom is 0.323 e. The normalized spacial score (nSPS) is 12.4. The van der Waals surface area contributed by atoms with Gasteiger partial charge in [-0.25, -0.2) is 27.9 Å². The number of nitrogen functional groups attached to an aromatic ring is 1.